The Balaban J connectivity index is 2.43. The van der Waals surface area contributed by atoms with Gasteiger partial charge in [-0.25, -0.2) is 0 Å². The van der Waals surface area contributed by atoms with E-state index in [-0.39, 0.29) is 0 Å². The predicted octanol–water partition coefficient (Wildman–Crippen LogP) is 3.49. The van der Waals surface area contributed by atoms with Gasteiger partial charge in [0.1, 0.15) is 0 Å². The third-order valence-electron chi connectivity index (χ3n) is 2.48. The Labute approximate surface area is 95.7 Å². The molecular weight excluding hydrogens is 196 g/mol. The monoisotopic (exact) mass is 210 g/mol. The van der Waals surface area contributed by atoms with Crippen LogP contribution < -0.4 is 0 Å². The second kappa shape index (κ2) is 4.27. The van der Waals surface area contributed by atoms with Crippen LogP contribution in [0.1, 0.15) is 18.2 Å². The van der Waals surface area contributed by atoms with Gasteiger partial charge in [0.2, 0.25) is 0 Å². The van der Waals surface area contributed by atoms with Gasteiger partial charge in [0.25, 0.3) is 0 Å². The molecule has 0 N–H and O–H groups in total. The molecule has 2 heteroatoms. The van der Waals surface area contributed by atoms with Gasteiger partial charge >= 0.3 is 0 Å². The Bertz CT molecular complexity index is 513. The summed E-state index contributed by atoms with van der Waals surface area (Å²) >= 11 is 0. The number of aryl methyl sites for hydroxylation is 1. The largest absolute Gasteiger partial charge is 0.256 e. The van der Waals surface area contributed by atoms with Crippen molar-refractivity contribution in [3.8, 4) is 11.3 Å². The smallest absolute Gasteiger partial charge is 0.0746 e. The maximum Gasteiger partial charge on any atom is 0.0746 e. The van der Waals surface area contributed by atoms with E-state index in [0.717, 1.165) is 28.1 Å². The molecule has 0 radical (unpaired) electrons. The molecule has 2 aromatic rings. The van der Waals surface area contributed by atoms with Crippen LogP contribution >= 0.6 is 0 Å². The van der Waals surface area contributed by atoms with Crippen molar-refractivity contribution in [1.82, 2.24) is 9.97 Å². The highest BCUT2D eigenvalue weighted by Crippen LogP contribution is 2.20. The quantitative estimate of drug-likeness (QED) is 0.758. The van der Waals surface area contributed by atoms with Gasteiger partial charge in [0, 0.05) is 18.0 Å². The van der Waals surface area contributed by atoms with E-state index in [4.69, 9.17) is 0 Å². The molecule has 0 aliphatic carbocycles. The first-order valence-electron chi connectivity index (χ1n) is 5.22. The van der Waals surface area contributed by atoms with Crippen LogP contribution in [-0.2, 0) is 0 Å². The highest BCUT2D eigenvalue weighted by atomic mass is 14.7. The summed E-state index contributed by atoms with van der Waals surface area (Å²) in [6.07, 6.45) is 3.65. The Morgan fingerprint density at radius 2 is 2.00 bits per heavy atom. The van der Waals surface area contributed by atoms with Gasteiger partial charge in [-0.2, -0.15) is 0 Å². The maximum absolute atomic E-state index is 4.36. The van der Waals surface area contributed by atoms with E-state index in [1.54, 1.807) is 6.20 Å². The standard InChI is InChI=1S/C14H14N2/c1-10(2)13-7-6-12(9-16-13)14-11(3)5-4-8-15-14/h4-9H,1H2,2-3H3. The molecule has 80 valence electrons. The summed E-state index contributed by atoms with van der Waals surface area (Å²) in [5.74, 6) is 0. The van der Waals surface area contributed by atoms with E-state index in [1.165, 1.54) is 0 Å². The van der Waals surface area contributed by atoms with Gasteiger partial charge in [-0.15, -0.1) is 0 Å². The first-order chi connectivity index (χ1) is 7.68. The molecule has 2 nitrogen and oxygen atoms in total. The first-order valence-corrected chi connectivity index (χ1v) is 5.22. The number of allylic oxidation sites excluding steroid dienone is 1. The SMILES string of the molecule is C=C(C)c1ccc(-c2ncccc2C)cn1. The molecule has 0 aromatic carbocycles. The third-order valence-corrected chi connectivity index (χ3v) is 2.48. The zero-order valence-corrected chi connectivity index (χ0v) is 9.57. The minimum atomic E-state index is 0.928. The minimum absolute atomic E-state index is 0.928. The number of hydrogen-bond acceptors (Lipinski definition) is 2. The number of rotatable bonds is 2. The van der Waals surface area contributed by atoms with Crippen molar-refractivity contribution in [1.29, 1.82) is 0 Å². The van der Waals surface area contributed by atoms with Crippen LogP contribution in [0.15, 0.2) is 43.2 Å². The Hall–Kier alpha value is -1.96. The van der Waals surface area contributed by atoms with Crippen LogP contribution in [0.5, 0.6) is 0 Å². The highest BCUT2D eigenvalue weighted by Gasteiger charge is 2.03. The van der Waals surface area contributed by atoms with E-state index in [2.05, 4.69) is 29.5 Å². The molecule has 0 atom stereocenters. The summed E-state index contributed by atoms with van der Waals surface area (Å²) in [4.78, 5) is 8.72. The summed E-state index contributed by atoms with van der Waals surface area (Å²) < 4.78 is 0. The fraction of sp³-hybridized carbons (Fsp3) is 0.143. The molecule has 16 heavy (non-hydrogen) atoms. The maximum atomic E-state index is 4.36. The van der Waals surface area contributed by atoms with Crippen molar-refractivity contribution in [2.45, 2.75) is 13.8 Å². The van der Waals surface area contributed by atoms with Crippen LogP contribution in [-0.4, -0.2) is 9.97 Å². The van der Waals surface area contributed by atoms with Crippen LogP contribution in [0.2, 0.25) is 0 Å². The number of aromatic nitrogens is 2. The van der Waals surface area contributed by atoms with Crippen LogP contribution in [0, 0.1) is 6.92 Å². The van der Waals surface area contributed by atoms with Crippen molar-refractivity contribution in [3.05, 3.63) is 54.5 Å². The molecular formula is C14H14N2. The van der Waals surface area contributed by atoms with Crippen LogP contribution in [0.3, 0.4) is 0 Å². The third kappa shape index (κ3) is 2.01. The Morgan fingerprint density at radius 1 is 1.19 bits per heavy atom. The van der Waals surface area contributed by atoms with E-state index in [0.29, 0.717) is 0 Å². The van der Waals surface area contributed by atoms with Gasteiger partial charge in [0.05, 0.1) is 11.4 Å². The molecule has 0 bridgehead atoms. The molecule has 0 amide bonds. The molecule has 0 spiro atoms. The number of nitrogens with zero attached hydrogens (tertiary/aromatic N) is 2. The molecule has 0 unspecified atom stereocenters. The molecule has 2 aromatic heterocycles. The number of hydrogen-bond donors (Lipinski definition) is 0. The first kappa shape index (κ1) is 10.6. The second-order valence-electron chi connectivity index (χ2n) is 3.88. The minimum Gasteiger partial charge on any atom is -0.256 e. The molecule has 0 aliphatic rings. The molecule has 0 saturated carbocycles. The number of pyridine rings is 2. The normalized spacial score (nSPS) is 10.1. The van der Waals surface area contributed by atoms with Crippen molar-refractivity contribution in [2.75, 3.05) is 0 Å². The molecule has 0 fully saturated rings. The highest BCUT2D eigenvalue weighted by molar-refractivity contribution is 5.65. The average molecular weight is 210 g/mol. The predicted molar refractivity (Wildman–Crippen MR) is 66.9 cm³/mol. The van der Waals surface area contributed by atoms with E-state index >= 15 is 0 Å². The van der Waals surface area contributed by atoms with Gasteiger partial charge < -0.3 is 0 Å². The summed E-state index contributed by atoms with van der Waals surface area (Å²) in [7, 11) is 0. The lowest BCUT2D eigenvalue weighted by molar-refractivity contribution is 1.22. The zero-order chi connectivity index (χ0) is 11.5. The summed E-state index contributed by atoms with van der Waals surface area (Å²) in [6.45, 7) is 7.87. The lowest BCUT2D eigenvalue weighted by Gasteiger charge is -2.05. The Kier molecular flexibility index (Phi) is 2.82. The van der Waals surface area contributed by atoms with Crippen molar-refractivity contribution >= 4 is 5.57 Å². The van der Waals surface area contributed by atoms with Crippen LogP contribution in [0.25, 0.3) is 16.8 Å². The summed E-state index contributed by atoms with van der Waals surface area (Å²) in [6, 6.07) is 8.00. The lowest BCUT2D eigenvalue weighted by atomic mass is 10.1. The van der Waals surface area contributed by atoms with Gasteiger partial charge in [-0.3, -0.25) is 9.97 Å². The lowest BCUT2D eigenvalue weighted by Crippen LogP contribution is -1.90. The van der Waals surface area contributed by atoms with Crippen molar-refractivity contribution < 1.29 is 0 Å². The fourth-order valence-corrected chi connectivity index (χ4v) is 1.57. The molecule has 0 aliphatic heterocycles. The van der Waals surface area contributed by atoms with Gasteiger partial charge in [0.15, 0.2) is 0 Å². The van der Waals surface area contributed by atoms with Crippen molar-refractivity contribution in [2.24, 2.45) is 0 Å². The summed E-state index contributed by atoms with van der Waals surface area (Å²) in [5, 5.41) is 0. The van der Waals surface area contributed by atoms with Gasteiger partial charge in [-0.05, 0) is 43.2 Å². The topological polar surface area (TPSA) is 25.8 Å². The van der Waals surface area contributed by atoms with Crippen LogP contribution in [0.4, 0.5) is 0 Å². The Morgan fingerprint density at radius 3 is 2.56 bits per heavy atom. The zero-order valence-electron chi connectivity index (χ0n) is 9.57. The van der Waals surface area contributed by atoms with E-state index in [1.807, 2.05) is 31.3 Å². The van der Waals surface area contributed by atoms with Crippen molar-refractivity contribution in [3.63, 3.8) is 0 Å². The average Bonchev–Trinajstić information content (AvgIpc) is 2.30. The summed E-state index contributed by atoms with van der Waals surface area (Å²) in [5.41, 5.74) is 5.10. The molecule has 2 heterocycles. The molecule has 0 saturated heterocycles. The second-order valence-corrected chi connectivity index (χ2v) is 3.88. The van der Waals surface area contributed by atoms with E-state index in [9.17, 15) is 0 Å². The van der Waals surface area contributed by atoms with Gasteiger partial charge in [-0.1, -0.05) is 12.6 Å². The fourth-order valence-electron chi connectivity index (χ4n) is 1.57. The molecule has 2 rings (SSSR count). The van der Waals surface area contributed by atoms with E-state index < -0.39 is 0 Å².